The standard InChI is InChI=1S/C25H27NO5S/c1-5-30-18-10-8-17(9-11-18)14-22(27)26-24-23(25(28)31-6-2)20(15-32-24)19-13-16(3)7-12-21(19)29-4/h7-13,15H,5-6,14H2,1-4H3,(H,26,27). The zero-order chi connectivity index (χ0) is 23.1. The van der Waals surface area contributed by atoms with Crippen LogP contribution in [0.4, 0.5) is 5.00 Å². The van der Waals surface area contributed by atoms with Crippen molar-refractivity contribution in [1.29, 1.82) is 0 Å². The van der Waals surface area contributed by atoms with E-state index in [4.69, 9.17) is 14.2 Å². The highest BCUT2D eigenvalue weighted by Crippen LogP contribution is 2.40. The summed E-state index contributed by atoms with van der Waals surface area (Å²) < 4.78 is 16.2. The van der Waals surface area contributed by atoms with Crippen LogP contribution in [-0.4, -0.2) is 32.2 Å². The number of methoxy groups -OCH3 is 1. The molecule has 0 fully saturated rings. The van der Waals surface area contributed by atoms with Crippen LogP contribution < -0.4 is 14.8 Å². The maximum absolute atomic E-state index is 12.8. The summed E-state index contributed by atoms with van der Waals surface area (Å²) in [5.74, 6) is 0.704. The average Bonchev–Trinajstić information content (AvgIpc) is 3.18. The van der Waals surface area contributed by atoms with Gasteiger partial charge in [-0.2, -0.15) is 0 Å². The molecule has 3 aromatic rings. The topological polar surface area (TPSA) is 73.9 Å². The Labute approximate surface area is 192 Å². The highest BCUT2D eigenvalue weighted by atomic mass is 32.1. The molecule has 168 valence electrons. The highest BCUT2D eigenvalue weighted by Gasteiger charge is 2.24. The van der Waals surface area contributed by atoms with Crippen LogP contribution in [0.2, 0.25) is 0 Å². The van der Waals surface area contributed by atoms with Gasteiger partial charge in [0.15, 0.2) is 0 Å². The Bertz CT molecular complexity index is 1090. The molecule has 0 atom stereocenters. The molecule has 1 N–H and O–H groups in total. The first-order valence-corrected chi connectivity index (χ1v) is 11.3. The Kier molecular flexibility index (Phi) is 7.89. The van der Waals surface area contributed by atoms with Gasteiger partial charge in [0.1, 0.15) is 22.1 Å². The van der Waals surface area contributed by atoms with Gasteiger partial charge in [0.05, 0.1) is 26.7 Å². The Morgan fingerprint density at radius 2 is 1.75 bits per heavy atom. The van der Waals surface area contributed by atoms with Crippen molar-refractivity contribution in [3.05, 3.63) is 64.5 Å². The maximum atomic E-state index is 12.8. The van der Waals surface area contributed by atoms with Crippen molar-refractivity contribution in [2.45, 2.75) is 27.2 Å². The van der Waals surface area contributed by atoms with E-state index in [1.165, 1.54) is 11.3 Å². The molecule has 32 heavy (non-hydrogen) atoms. The number of amides is 1. The van der Waals surface area contributed by atoms with E-state index in [-0.39, 0.29) is 18.9 Å². The number of aryl methyl sites for hydroxylation is 1. The molecule has 7 heteroatoms. The Hall–Kier alpha value is -3.32. The number of rotatable bonds is 9. The molecule has 0 spiro atoms. The van der Waals surface area contributed by atoms with Gasteiger partial charge in [0.25, 0.3) is 0 Å². The lowest BCUT2D eigenvalue weighted by Gasteiger charge is -2.12. The highest BCUT2D eigenvalue weighted by molar-refractivity contribution is 7.15. The van der Waals surface area contributed by atoms with Gasteiger partial charge in [0.2, 0.25) is 5.91 Å². The van der Waals surface area contributed by atoms with Crippen LogP contribution in [0.5, 0.6) is 11.5 Å². The van der Waals surface area contributed by atoms with Crippen LogP contribution in [0.3, 0.4) is 0 Å². The van der Waals surface area contributed by atoms with Gasteiger partial charge < -0.3 is 19.5 Å². The summed E-state index contributed by atoms with van der Waals surface area (Å²) in [6.07, 6.45) is 0.176. The molecule has 0 bridgehead atoms. The molecule has 0 aliphatic rings. The number of thiophene rings is 1. The van der Waals surface area contributed by atoms with Crippen molar-refractivity contribution < 1.29 is 23.8 Å². The van der Waals surface area contributed by atoms with Gasteiger partial charge in [-0.3, -0.25) is 4.79 Å². The van der Waals surface area contributed by atoms with Gasteiger partial charge in [0, 0.05) is 16.5 Å². The van der Waals surface area contributed by atoms with Crippen LogP contribution in [0.1, 0.15) is 35.3 Å². The largest absolute Gasteiger partial charge is 0.496 e. The second-order valence-corrected chi connectivity index (χ2v) is 7.96. The lowest BCUT2D eigenvalue weighted by molar-refractivity contribution is -0.115. The van der Waals surface area contributed by atoms with Crippen LogP contribution in [0, 0.1) is 6.92 Å². The van der Waals surface area contributed by atoms with E-state index in [1.807, 2.05) is 61.7 Å². The molecule has 0 saturated carbocycles. The molecule has 0 aliphatic carbocycles. The van der Waals surface area contributed by atoms with E-state index in [1.54, 1.807) is 14.0 Å². The second kappa shape index (κ2) is 10.8. The zero-order valence-corrected chi connectivity index (χ0v) is 19.5. The third-order valence-corrected chi connectivity index (χ3v) is 5.66. The van der Waals surface area contributed by atoms with Crippen molar-refractivity contribution in [2.24, 2.45) is 0 Å². The number of esters is 1. The first kappa shape index (κ1) is 23.3. The molecular weight excluding hydrogens is 426 g/mol. The van der Waals surface area contributed by atoms with E-state index >= 15 is 0 Å². The van der Waals surface area contributed by atoms with Crippen molar-refractivity contribution in [1.82, 2.24) is 0 Å². The fourth-order valence-corrected chi connectivity index (χ4v) is 4.28. The van der Waals surface area contributed by atoms with Gasteiger partial charge in [-0.15, -0.1) is 11.3 Å². The number of benzene rings is 2. The van der Waals surface area contributed by atoms with Gasteiger partial charge in [-0.05, 0) is 50.6 Å². The first-order valence-electron chi connectivity index (χ1n) is 10.4. The summed E-state index contributed by atoms with van der Waals surface area (Å²) in [4.78, 5) is 25.6. The monoisotopic (exact) mass is 453 g/mol. The molecule has 1 heterocycles. The van der Waals surface area contributed by atoms with Crippen molar-refractivity contribution in [3.63, 3.8) is 0 Å². The SMILES string of the molecule is CCOC(=O)c1c(-c2cc(C)ccc2OC)csc1NC(=O)Cc1ccc(OCC)cc1. The van der Waals surface area contributed by atoms with Gasteiger partial charge in [-0.25, -0.2) is 4.79 Å². The lowest BCUT2D eigenvalue weighted by atomic mass is 10.0. The number of nitrogens with one attached hydrogen (secondary N) is 1. The Morgan fingerprint density at radius 3 is 2.41 bits per heavy atom. The number of ether oxygens (including phenoxy) is 3. The maximum Gasteiger partial charge on any atom is 0.341 e. The second-order valence-electron chi connectivity index (χ2n) is 7.08. The molecule has 3 rings (SSSR count). The fraction of sp³-hybridized carbons (Fsp3) is 0.280. The molecule has 2 aromatic carbocycles. The predicted octanol–water partition coefficient (Wildman–Crippen LogP) is 5.49. The minimum atomic E-state index is -0.483. The van der Waals surface area contributed by atoms with Crippen LogP contribution >= 0.6 is 11.3 Å². The number of hydrogen-bond acceptors (Lipinski definition) is 6. The number of hydrogen-bond donors (Lipinski definition) is 1. The van der Waals surface area contributed by atoms with Crippen LogP contribution in [0.25, 0.3) is 11.1 Å². The molecule has 0 radical (unpaired) electrons. The summed E-state index contributed by atoms with van der Waals surface area (Å²) in [6.45, 7) is 6.46. The number of carbonyl (C=O) groups is 2. The Morgan fingerprint density at radius 1 is 1.00 bits per heavy atom. The van der Waals surface area contributed by atoms with E-state index < -0.39 is 5.97 Å². The molecule has 0 aliphatic heterocycles. The number of carbonyl (C=O) groups excluding carboxylic acids is 2. The van der Waals surface area contributed by atoms with E-state index in [9.17, 15) is 9.59 Å². The summed E-state index contributed by atoms with van der Waals surface area (Å²) in [7, 11) is 1.59. The molecule has 0 saturated heterocycles. The smallest absolute Gasteiger partial charge is 0.341 e. The van der Waals surface area contributed by atoms with E-state index in [2.05, 4.69) is 5.32 Å². The molecule has 6 nitrogen and oxygen atoms in total. The van der Waals surface area contributed by atoms with Crippen LogP contribution in [-0.2, 0) is 16.0 Å². The van der Waals surface area contributed by atoms with Crippen molar-refractivity contribution in [3.8, 4) is 22.6 Å². The van der Waals surface area contributed by atoms with Crippen molar-refractivity contribution >= 4 is 28.2 Å². The van der Waals surface area contributed by atoms with Crippen LogP contribution in [0.15, 0.2) is 47.8 Å². The lowest BCUT2D eigenvalue weighted by Crippen LogP contribution is -2.16. The first-order chi connectivity index (χ1) is 15.5. The minimum Gasteiger partial charge on any atom is -0.496 e. The zero-order valence-electron chi connectivity index (χ0n) is 18.7. The average molecular weight is 454 g/mol. The molecule has 1 amide bonds. The summed E-state index contributed by atoms with van der Waals surface area (Å²) in [5.41, 5.74) is 3.66. The Balaban J connectivity index is 1.89. The summed E-state index contributed by atoms with van der Waals surface area (Å²) in [6, 6.07) is 13.1. The third kappa shape index (κ3) is 5.48. The molecule has 0 unspecified atom stereocenters. The third-order valence-electron chi connectivity index (χ3n) is 4.77. The predicted molar refractivity (Wildman–Crippen MR) is 127 cm³/mol. The summed E-state index contributed by atoms with van der Waals surface area (Å²) >= 11 is 1.29. The normalized spacial score (nSPS) is 10.5. The minimum absolute atomic E-state index is 0.176. The van der Waals surface area contributed by atoms with E-state index in [0.29, 0.717) is 28.5 Å². The molecular formula is C25H27NO5S. The summed E-state index contributed by atoms with van der Waals surface area (Å²) in [5, 5.41) is 5.19. The van der Waals surface area contributed by atoms with Crippen molar-refractivity contribution in [2.75, 3.05) is 25.6 Å². The molecule has 1 aromatic heterocycles. The van der Waals surface area contributed by atoms with Gasteiger partial charge >= 0.3 is 5.97 Å². The quantitative estimate of drug-likeness (QED) is 0.434. The number of anilines is 1. The van der Waals surface area contributed by atoms with E-state index in [0.717, 1.165) is 22.4 Å². The fourth-order valence-electron chi connectivity index (χ4n) is 3.31. The van der Waals surface area contributed by atoms with Gasteiger partial charge in [-0.1, -0.05) is 23.8 Å².